The van der Waals surface area contributed by atoms with Crippen LogP contribution in [0.4, 0.5) is 19.0 Å². The molecule has 1 aliphatic carbocycles. The van der Waals surface area contributed by atoms with Gasteiger partial charge in [-0.05, 0) is 33.6 Å². The topological polar surface area (TPSA) is 55.6 Å². The minimum absolute atomic E-state index is 0.0305. The maximum absolute atomic E-state index is 13.1. The van der Waals surface area contributed by atoms with E-state index in [0.29, 0.717) is 24.6 Å². The van der Waals surface area contributed by atoms with Gasteiger partial charge in [0.25, 0.3) is 11.6 Å². The molecular weight excluding hydrogens is 347 g/mol. The van der Waals surface area contributed by atoms with Gasteiger partial charge in [0.05, 0.1) is 11.2 Å². The number of aryl methyl sites for hydroxylation is 1. The number of morpholine rings is 1. The molecule has 0 unspecified atom stereocenters. The first kappa shape index (κ1) is 17.5. The molecule has 4 rings (SSSR count). The summed E-state index contributed by atoms with van der Waals surface area (Å²) in [6, 6.07) is 1.77. The molecule has 1 aliphatic heterocycles. The van der Waals surface area contributed by atoms with Crippen LogP contribution in [0.3, 0.4) is 0 Å². The second-order valence-corrected chi connectivity index (χ2v) is 8.01. The lowest BCUT2D eigenvalue weighted by molar-refractivity contribution is -0.149. The van der Waals surface area contributed by atoms with Crippen molar-refractivity contribution in [2.45, 2.75) is 63.8 Å². The van der Waals surface area contributed by atoms with E-state index in [0.717, 1.165) is 25.7 Å². The minimum atomic E-state index is -4.60. The molecule has 0 radical (unpaired) electrons. The normalized spacial score (nSPS) is 22.5. The number of halogens is 3. The second kappa shape index (κ2) is 5.55. The molecule has 1 saturated carbocycles. The zero-order valence-corrected chi connectivity index (χ0v) is 15.1. The summed E-state index contributed by atoms with van der Waals surface area (Å²) in [5.74, 6) is -0.616. The lowest BCUT2D eigenvalue weighted by Gasteiger charge is -2.49. The van der Waals surface area contributed by atoms with Crippen molar-refractivity contribution >= 4 is 11.6 Å². The Kier molecular flexibility index (Phi) is 3.74. The molecule has 2 aliphatic rings. The molecule has 3 heterocycles. The van der Waals surface area contributed by atoms with Crippen molar-refractivity contribution in [1.82, 2.24) is 19.6 Å². The molecule has 0 atom stereocenters. The Hall–Kier alpha value is -1.90. The van der Waals surface area contributed by atoms with E-state index >= 15 is 0 Å². The van der Waals surface area contributed by atoms with Gasteiger partial charge in [-0.15, -0.1) is 5.10 Å². The van der Waals surface area contributed by atoms with E-state index in [4.69, 9.17) is 4.74 Å². The number of alkyl halides is 3. The summed E-state index contributed by atoms with van der Waals surface area (Å²) in [4.78, 5) is 9.78. The average molecular weight is 369 g/mol. The summed E-state index contributed by atoms with van der Waals surface area (Å²) in [6.07, 6.45) is -0.459. The summed E-state index contributed by atoms with van der Waals surface area (Å²) >= 11 is 0. The third kappa shape index (κ3) is 3.02. The van der Waals surface area contributed by atoms with Gasteiger partial charge in [0, 0.05) is 24.8 Å². The maximum Gasteiger partial charge on any atom is 0.453 e. The Balaban J connectivity index is 1.81. The Morgan fingerprint density at radius 3 is 2.46 bits per heavy atom. The van der Waals surface area contributed by atoms with E-state index in [1.165, 1.54) is 4.52 Å². The summed E-state index contributed by atoms with van der Waals surface area (Å²) in [6.45, 7) is 6.99. The highest BCUT2D eigenvalue weighted by molar-refractivity contribution is 5.49. The van der Waals surface area contributed by atoms with E-state index in [1.54, 1.807) is 13.0 Å². The van der Waals surface area contributed by atoms with Crippen molar-refractivity contribution in [3.63, 3.8) is 0 Å². The molecule has 2 fully saturated rings. The molecular formula is C17H22F3N5O. The number of anilines is 1. The van der Waals surface area contributed by atoms with Crippen LogP contribution in [0.25, 0.3) is 5.78 Å². The Morgan fingerprint density at radius 2 is 1.81 bits per heavy atom. The smallest absolute Gasteiger partial charge is 0.365 e. The van der Waals surface area contributed by atoms with Gasteiger partial charge in [-0.2, -0.15) is 22.7 Å². The highest BCUT2D eigenvalue weighted by Crippen LogP contribution is 2.42. The molecule has 142 valence electrons. The zero-order valence-electron chi connectivity index (χ0n) is 15.1. The summed E-state index contributed by atoms with van der Waals surface area (Å²) < 4.78 is 46.8. The monoisotopic (exact) mass is 369 g/mol. The summed E-state index contributed by atoms with van der Waals surface area (Å²) in [5, 5.41) is 3.70. The quantitative estimate of drug-likeness (QED) is 0.771. The molecule has 1 spiro atoms. The van der Waals surface area contributed by atoms with Gasteiger partial charge < -0.3 is 9.64 Å². The fourth-order valence-electron chi connectivity index (χ4n) is 4.27. The Bertz CT molecular complexity index is 839. The van der Waals surface area contributed by atoms with Crippen molar-refractivity contribution in [3.05, 3.63) is 17.6 Å². The van der Waals surface area contributed by atoms with Crippen LogP contribution in [-0.4, -0.2) is 43.9 Å². The number of hydrogen-bond donors (Lipinski definition) is 0. The highest BCUT2D eigenvalue weighted by atomic mass is 19.4. The first-order valence-electron chi connectivity index (χ1n) is 8.84. The van der Waals surface area contributed by atoms with Gasteiger partial charge in [-0.1, -0.05) is 12.8 Å². The van der Waals surface area contributed by atoms with Crippen LogP contribution in [0.15, 0.2) is 6.07 Å². The van der Waals surface area contributed by atoms with Crippen LogP contribution in [0.2, 0.25) is 0 Å². The second-order valence-electron chi connectivity index (χ2n) is 8.01. The SMILES string of the molecule is Cc1cc(N2CC(C)(C)OC3(CCCC3)C2)n2nc(C(F)(F)F)nc2n1. The summed E-state index contributed by atoms with van der Waals surface area (Å²) in [7, 11) is 0. The third-order valence-electron chi connectivity index (χ3n) is 5.06. The maximum atomic E-state index is 13.1. The highest BCUT2D eigenvalue weighted by Gasteiger charge is 2.46. The molecule has 26 heavy (non-hydrogen) atoms. The van der Waals surface area contributed by atoms with Crippen molar-refractivity contribution in [2.24, 2.45) is 0 Å². The van der Waals surface area contributed by atoms with Crippen molar-refractivity contribution in [3.8, 4) is 0 Å². The van der Waals surface area contributed by atoms with Gasteiger partial charge in [-0.25, -0.2) is 4.98 Å². The van der Waals surface area contributed by atoms with Crippen molar-refractivity contribution < 1.29 is 17.9 Å². The van der Waals surface area contributed by atoms with Gasteiger partial charge in [0.2, 0.25) is 0 Å². The number of ether oxygens (including phenoxy) is 1. The molecule has 0 N–H and O–H groups in total. The number of hydrogen-bond acceptors (Lipinski definition) is 5. The van der Waals surface area contributed by atoms with Crippen molar-refractivity contribution in [2.75, 3.05) is 18.0 Å². The van der Waals surface area contributed by atoms with Crippen LogP contribution in [0.1, 0.15) is 51.0 Å². The lowest BCUT2D eigenvalue weighted by Crippen LogP contribution is -2.59. The van der Waals surface area contributed by atoms with Crippen LogP contribution in [-0.2, 0) is 10.9 Å². The molecule has 0 amide bonds. The number of aromatic nitrogens is 4. The van der Waals surface area contributed by atoms with Crippen molar-refractivity contribution in [1.29, 1.82) is 0 Å². The van der Waals surface area contributed by atoms with Gasteiger partial charge in [-0.3, -0.25) is 0 Å². The molecule has 6 nitrogen and oxygen atoms in total. The average Bonchev–Trinajstić information content (AvgIpc) is 3.11. The fraction of sp³-hybridized carbons (Fsp3) is 0.706. The zero-order chi connectivity index (χ0) is 18.7. The van der Waals surface area contributed by atoms with E-state index in [1.807, 2.05) is 13.8 Å². The van der Waals surface area contributed by atoms with E-state index in [9.17, 15) is 13.2 Å². The first-order chi connectivity index (χ1) is 12.1. The molecule has 2 aromatic heterocycles. The molecule has 2 aromatic rings. The summed E-state index contributed by atoms with van der Waals surface area (Å²) in [5.41, 5.74) is -0.0449. The first-order valence-corrected chi connectivity index (χ1v) is 8.84. The largest absolute Gasteiger partial charge is 0.453 e. The number of fused-ring (bicyclic) bond motifs is 1. The third-order valence-corrected chi connectivity index (χ3v) is 5.06. The van der Waals surface area contributed by atoms with Crippen LogP contribution >= 0.6 is 0 Å². The Labute approximate surface area is 149 Å². The molecule has 0 bridgehead atoms. The standard InChI is InChI=1S/C17H22F3N5O/c1-11-8-12(25-14(21-11)22-13(23-25)17(18,19)20)24-9-15(2,3)26-16(10-24)6-4-5-7-16/h8H,4-7,9-10H2,1-3H3. The van der Waals surface area contributed by atoms with Gasteiger partial charge in [0.15, 0.2) is 0 Å². The Morgan fingerprint density at radius 1 is 1.12 bits per heavy atom. The van der Waals surface area contributed by atoms with Crippen LogP contribution < -0.4 is 4.90 Å². The van der Waals surface area contributed by atoms with E-state index in [2.05, 4.69) is 20.0 Å². The minimum Gasteiger partial charge on any atom is -0.365 e. The number of nitrogens with zero attached hydrogens (tertiary/aromatic N) is 5. The predicted molar refractivity (Wildman–Crippen MR) is 89.1 cm³/mol. The van der Waals surface area contributed by atoms with E-state index < -0.39 is 17.6 Å². The molecule has 0 aromatic carbocycles. The lowest BCUT2D eigenvalue weighted by atomic mass is 9.94. The predicted octanol–water partition coefficient (Wildman–Crippen LogP) is 3.38. The molecule has 9 heteroatoms. The molecule has 1 saturated heterocycles. The van der Waals surface area contributed by atoms with E-state index in [-0.39, 0.29) is 11.4 Å². The van der Waals surface area contributed by atoms with Crippen LogP contribution in [0, 0.1) is 6.92 Å². The van der Waals surface area contributed by atoms with Gasteiger partial charge >= 0.3 is 6.18 Å². The fourth-order valence-corrected chi connectivity index (χ4v) is 4.27. The van der Waals surface area contributed by atoms with Crippen LogP contribution in [0.5, 0.6) is 0 Å². The number of rotatable bonds is 1. The van der Waals surface area contributed by atoms with Gasteiger partial charge in [0.1, 0.15) is 5.82 Å².